The van der Waals surface area contributed by atoms with Gasteiger partial charge in [0.15, 0.2) is 5.82 Å². The largest absolute Gasteiger partial charge is 0.305 e. The van der Waals surface area contributed by atoms with Gasteiger partial charge in [-0.1, -0.05) is 6.07 Å². The first-order chi connectivity index (χ1) is 8.22. The fraction of sp³-hybridized carbons (Fsp3) is 0.308. The second-order valence-corrected chi connectivity index (χ2v) is 4.46. The van der Waals surface area contributed by atoms with Crippen molar-refractivity contribution in [2.75, 3.05) is 0 Å². The molecule has 0 aromatic carbocycles. The number of aromatic amines is 1. The van der Waals surface area contributed by atoms with Crippen LogP contribution in [-0.2, 0) is 0 Å². The van der Waals surface area contributed by atoms with Crippen molar-refractivity contribution in [3.05, 3.63) is 46.0 Å². The smallest absolute Gasteiger partial charge is 0.251 e. The first-order valence-corrected chi connectivity index (χ1v) is 5.78. The van der Waals surface area contributed by atoms with E-state index in [9.17, 15) is 4.79 Å². The Labute approximate surface area is 98.8 Å². The van der Waals surface area contributed by atoms with Crippen LogP contribution in [0.5, 0.6) is 0 Å². The highest BCUT2D eigenvalue weighted by atomic mass is 16.1. The SMILES string of the molecule is Cc1cccc(-c2nc(C3CC3)cc(=O)[nH]2)n1. The van der Waals surface area contributed by atoms with Crippen LogP contribution < -0.4 is 5.56 Å². The van der Waals surface area contributed by atoms with Crippen molar-refractivity contribution in [1.29, 1.82) is 0 Å². The monoisotopic (exact) mass is 227 g/mol. The lowest BCUT2D eigenvalue weighted by molar-refractivity contribution is 0.968. The van der Waals surface area contributed by atoms with Crippen molar-refractivity contribution in [3.63, 3.8) is 0 Å². The van der Waals surface area contributed by atoms with Crippen LogP contribution in [0, 0.1) is 6.92 Å². The maximum absolute atomic E-state index is 11.6. The van der Waals surface area contributed by atoms with Gasteiger partial charge < -0.3 is 4.98 Å². The Balaban J connectivity index is 2.10. The molecule has 1 fully saturated rings. The number of hydrogen-bond acceptors (Lipinski definition) is 3. The first-order valence-electron chi connectivity index (χ1n) is 5.78. The van der Waals surface area contributed by atoms with Crippen LogP contribution in [0.2, 0.25) is 0 Å². The van der Waals surface area contributed by atoms with Gasteiger partial charge >= 0.3 is 0 Å². The van der Waals surface area contributed by atoms with Crippen LogP contribution in [0.25, 0.3) is 11.5 Å². The van der Waals surface area contributed by atoms with Gasteiger partial charge in [-0.2, -0.15) is 0 Å². The molecule has 0 aliphatic heterocycles. The molecular weight excluding hydrogens is 214 g/mol. The molecule has 2 heterocycles. The van der Waals surface area contributed by atoms with E-state index in [1.54, 1.807) is 6.07 Å². The lowest BCUT2D eigenvalue weighted by atomic mass is 10.2. The van der Waals surface area contributed by atoms with Crippen molar-refractivity contribution < 1.29 is 0 Å². The third-order valence-electron chi connectivity index (χ3n) is 2.89. The molecule has 0 radical (unpaired) electrons. The molecule has 1 aliphatic rings. The van der Waals surface area contributed by atoms with E-state index in [4.69, 9.17) is 0 Å². The van der Waals surface area contributed by atoms with E-state index in [1.807, 2.05) is 25.1 Å². The van der Waals surface area contributed by atoms with Crippen LogP contribution in [0.15, 0.2) is 29.1 Å². The van der Waals surface area contributed by atoms with Gasteiger partial charge in [0, 0.05) is 17.7 Å². The number of aromatic nitrogens is 3. The molecule has 1 aliphatic carbocycles. The van der Waals surface area contributed by atoms with Gasteiger partial charge in [0.2, 0.25) is 0 Å². The maximum atomic E-state index is 11.6. The quantitative estimate of drug-likeness (QED) is 0.853. The highest BCUT2D eigenvalue weighted by Gasteiger charge is 2.26. The molecule has 1 N–H and O–H groups in total. The zero-order chi connectivity index (χ0) is 11.8. The number of rotatable bonds is 2. The highest BCUT2D eigenvalue weighted by molar-refractivity contribution is 5.49. The van der Waals surface area contributed by atoms with Gasteiger partial charge in [-0.15, -0.1) is 0 Å². The number of H-pyrrole nitrogens is 1. The van der Waals surface area contributed by atoms with Gasteiger partial charge in [-0.3, -0.25) is 4.79 Å². The molecule has 4 nitrogen and oxygen atoms in total. The maximum Gasteiger partial charge on any atom is 0.251 e. The van der Waals surface area contributed by atoms with Crippen LogP contribution in [0.3, 0.4) is 0 Å². The van der Waals surface area contributed by atoms with E-state index in [2.05, 4.69) is 15.0 Å². The zero-order valence-electron chi connectivity index (χ0n) is 9.60. The molecule has 0 bridgehead atoms. The summed E-state index contributed by atoms with van der Waals surface area (Å²) >= 11 is 0. The minimum absolute atomic E-state index is 0.0970. The van der Waals surface area contributed by atoms with Gasteiger partial charge in [0.1, 0.15) is 5.69 Å². The summed E-state index contributed by atoms with van der Waals surface area (Å²) in [5.41, 5.74) is 2.44. The summed E-state index contributed by atoms with van der Waals surface area (Å²) in [6, 6.07) is 7.30. The molecule has 2 aromatic heterocycles. The summed E-state index contributed by atoms with van der Waals surface area (Å²) in [7, 11) is 0. The Hall–Kier alpha value is -1.97. The average molecular weight is 227 g/mol. The minimum atomic E-state index is -0.0970. The van der Waals surface area contributed by atoms with Crippen molar-refractivity contribution in [1.82, 2.24) is 15.0 Å². The fourth-order valence-electron chi connectivity index (χ4n) is 1.86. The summed E-state index contributed by atoms with van der Waals surface area (Å²) in [5.74, 6) is 1.05. The van der Waals surface area contributed by atoms with Crippen LogP contribution >= 0.6 is 0 Å². The van der Waals surface area contributed by atoms with E-state index >= 15 is 0 Å². The van der Waals surface area contributed by atoms with Crippen LogP contribution in [-0.4, -0.2) is 15.0 Å². The second-order valence-electron chi connectivity index (χ2n) is 4.46. The topological polar surface area (TPSA) is 58.6 Å². The van der Waals surface area contributed by atoms with E-state index < -0.39 is 0 Å². The second kappa shape index (κ2) is 3.80. The zero-order valence-corrected chi connectivity index (χ0v) is 9.60. The molecule has 0 saturated heterocycles. The minimum Gasteiger partial charge on any atom is -0.305 e. The average Bonchev–Trinajstić information content (AvgIpc) is 3.12. The molecule has 17 heavy (non-hydrogen) atoms. The Kier molecular flexibility index (Phi) is 2.28. The Bertz CT molecular complexity index is 614. The fourth-order valence-corrected chi connectivity index (χ4v) is 1.86. The Morgan fingerprint density at radius 2 is 2.12 bits per heavy atom. The number of pyridine rings is 1. The predicted molar refractivity (Wildman–Crippen MR) is 64.8 cm³/mol. The third kappa shape index (κ3) is 2.11. The van der Waals surface area contributed by atoms with Crippen molar-refractivity contribution >= 4 is 0 Å². The van der Waals surface area contributed by atoms with Gasteiger partial charge in [-0.05, 0) is 31.9 Å². The number of hydrogen-bond donors (Lipinski definition) is 1. The number of nitrogens with one attached hydrogen (secondary N) is 1. The van der Waals surface area contributed by atoms with E-state index in [-0.39, 0.29) is 5.56 Å². The summed E-state index contributed by atoms with van der Waals surface area (Å²) in [6.45, 7) is 1.92. The molecule has 0 spiro atoms. The first kappa shape index (κ1) is 10.2. The third-order valence-corrected chi connectivity index (χ3v) is 2.89. The number of aryl methyl sites for hydroxylation is 1. The van der Waals surface area contributed by atoms with Crippen LogP contribution in [0.4, 0.5) is 0 Å². The van der Waals surface area contributed by atoms with Crippen LogP contribution in [0.1, 0.15) is 30.1 Å². The molecule has 2 aromatic rings. The lowest BCUT2D eigenvalue weighted by Gasteiger charge is -2.03. The number of nitrogens with zero attached hydrogens (tertiary/aromatic N) is 2. The van der Waals surface area contributed by atoms with Gasteiger partial charge in [0.05, 0.1) is 5.69 Å². The van der Waals surface area contributed by atoms with Gasteiger partial charge in [0.25, 0.3) is 5.56 Å². The van der Waals surface area contributed by atoms with E-state index in [1.165, 1.54) is 0 Å². The molecular formula is C13H13N3O. The van der Waals surface area contributed by atoms with Crippen molar-refractivity contribution in [3.8, 4) is 11.5 Å². The normalized spacial score (nSPS) is 14.9. The molecule has 3 rings (SSSR count). The van der Waals surface area contributed by atoms with Gasteiger partial charge in [-0.25, -0.2) is 9.97 Å². The molecule has 1 saturated carbocycles. The molecule has 4 heteroatoms. The molecule has 0 atom stereocenters. The summed E-state index contributed by atoms with van der Waals surface area (Å²) in [6.07, 6.45) is 2.27. The molecule has 0 amide bonds. The van der Waals surface area contributed by atoms with Crippen molar-refractivity contribution in [2.24, 2.45) is 0 Å². The Morgan fingerprint density at radius 1 is 1.29 bits per heavy atom. The summed E-state index contributed by atoms with van der Waals surface area (Å²) < 4.78 is 0. The molecule has 86 valence electrons. The predicted octanol–water partition coefficient (Wildman–Crippen LogP) is 2.02. The van der Waals surface area contributed by atoms with Crippen molar-refractivity contribution in [2.45, 2.75) is 25.7 Å². The lowest BCUT2D eigenvalue weighted by Crippen LogP contribution is -2.10. The highest BCUT2D eigenvalue weighted by Crippen LogP contribution is 2.38. The van der Waals surface area contributed by atoms with E-state index in [0.29, 0.717) is 11.7 Å². The standard InChI is InChI=1S/C13H13N3O/c1-8-3-2-4-10(14-8)13-15-11(9-5-6-9)7-12(17)16-13/h2-4,7,9H,5-6H2,1H3,(H,15,16,17). The summed E-state index contributed by atoms with van der Waals surface area (Å²) in [5, 5.41) is 0. The Morgan fingerprint density at radius 3 is 2.82 bits per heavy atom. The van der Waals surface area contributed by atoms with E-state index in [0.717, 1.165) is 29.9 Å². The summed E-state index contributed by atoms with van der Waals surface area (Å²) in [4.78, 5) is 23.2. The molecule has 0 unspecified atom stereocenters.